The first-order valence-corrected chi connectivity index (χ1v) is 13.1. The lowest BCUT2D eigenvalue weighted by Gasteiger charge is -2.41. The molecule has 2 heterocycles. The number of likely N-dealkylation sites (tertiary alicyclic amines) is 1. The highest BCUT2D eigenvalue weighted by Gasteiger charge is 2.37. The molecular formula is C29H29Cl2FN2O4. The van der Waals surface area contributed by atoms with Crippen LogP contribution in [0.25, 0.3) is 10.9 Å². The van der Waals surface area contributed by atoms with Gasteiger partial charge in [-0.25, -0.2) is 4.39 Å². The summed E-state index contributed by atoms with van der Waals surface area (Å²) in [5.74, 6) is 5.35. The maximum Gasteiger partial charge on any atom is 0.303 e. The van der Waals surface area contributed by atoms with E-state index in [4.69, 9.17) is 27.9 Å². The van der Waals surface area contributed by atoms with Gasteiger partial charge in [-0.1, -0.05) is 35.0 Å². The minimum Gasteiger partial charge on any atom is -0.497 e. The molecule has 1 atom stereocenters. The van der Waals surface area contributed by atoms with E-state index >= 15 is 0 Å². The number of pyridine rings is 1. The second-order valence-electron chi connectivity index (χ2n) is 9.76. The Kier molecular flexibility index (Phi) is 9.11. The van der Waals surface area contributed by atoms with Gasteiger partial charge in [-0.3, -0.25) is 14.7 Å². The first kappa shape index (κ1) is 28.1. The van der Waals surface area contributed by atoms with Crippen molar-refractivity contribution in [1.29, 1.82) is 0 Å². The SMILES string of the molecule is COc1ccc2ncc(Cl)c([C@H](O)CCC3(CC(=O)O)CCN(CC#Cc4cc(F)cc(Cl)c4)CC3)c2c1. The lowest BCUT2D eigenvalue weighted by atomic mass is 9.71. The summed E-state index contributed by atoms with van der Waals surface area (Å²) in [6, 6.07) is 9.61. The number of fused-ring (bicyclic) bond motifs is 1. The number of carboxylic acid groups (broad SMARTS) is 1. The second kappa shape index (κ2) is 12.3. The number of hydrogen-bond acceptors (Lipinski definition) is 5. The summed E-state index contributed by atoms with van der Waals surface area (Å²) in [6.07, 6.45) is 2.90. The van der Waals surface area contributed by atoms with Crippen molar-refractivity contribution < 1.29 is 24.1 Å². The molecule has 6 nitrogen and oxygen atoms in total. The fourth-order valence-electron chi connectivity index (χ4n) is 5.12. The summed E-state index contributed by atoms with van der Waals surface area (Å²) < 4.78 is 18.9. The van der Waals surface area contributed by atoms with Gasteiger partial charge in [0.15, 0.2) is 0 Å². The summed E-state index contributed by atoms with van der Waals surface area (Å²) in [5.41, 5.74) is 1.34. The normalized spacial score (nSPS) is 16.0. The van der Waals surface area contributed by atoms with Gasteiger partial charge in [-0.15, -0.1) is 0 Å². The molecule has 9 heteroatoms. The number of aromatic nitrogens is 1. The zero-order valence-electron chi connectivity index (χ0n) is 21.0. The van der Waals surface area contributed by atoms with Gasteiger partial charge in [0.05, 0.1) is 36.7 Å². The number of aliphatic hydroxyl groups is 1. The number of methoxy groups -OCH3 is 1. The molecule has 2 N–H and O–H groups in total. The van der Waals surface area contributed by atoms with Crippen molar-refractivity contribution in [1.82, 2.24) is 9.88 Å². The van der Waals surface area contributed by atoms with Crippen molar-refractivity contribution in [2.24, 2.45) is 5.41 Å². The van der Waals surface area contributed by atoms with Gasteiger partial charge in [-0.2, -0.15) is 0 Å². The van der Waals surface area contributed by atoms with Crippen molar-refractivity contribution >= 4 is 40.1 Å². The van der Waals surface area contributed by atoms with Crippen LogP contribution in [0.5, 0.6) is 5.75 Å². The zero-order chi connectivity index (χ0) is 27.3. The molecule has 1 fully saturated rings. The minimum atomic E-state index is -0.882. The second-order valence-corrected chi connectivity index (χ2v) is 10.6. The molecule has 38 heavy (non-hydrogen) atoms. The predicted octanol–water partition coefficient (Wildman–Crippen LogP) is 6.11. The Bertz CT molecular complexity index is 1360. The van der Waals surface area contributed by atoms with Gasteiger partial charge < -0.3 is 14.9 Å². The van der Waals surface area contributed by atoms with E-state index in [-0.39, 0.29) is 6.42 Å². The number of aliphatic hydroxyl groups excluding tert-OH is 1. The standard InChI is InChI=1S/C29H29Cl2FN2O4/c1-38-22-4-5-25-23(16-22)28(24(31)18-33-25)26(35)6-7-29(17-27(36)37)8-11-34(12-9-29)10-2-3-19-13-20(30)15-21(32)14-19/h4-5,13-16,18,26,35H,6-12,17H2,1H3,(H,36,37)/t26-/m1/s1. The van der Waals surface area contributed by atoms with Crippen LogP contribution in [-0.4, -0.2) is 52.8 Å². The Morgan fingerprint density at radius 2 is 2.00 bits per heavy atom. The number of carbonyl (C=O) groups is 1. The van der Waals surface area contributed by atoms with Crippen LogP contribution in [0.3, 0.4) is 0 Å². The molecule has 1 aliphatic rings. The summed E-state index contributed by atoms with van der Waals surface area (Å²) >= 11 is 12.4. The quantitative estimate of drug-likeness (QED) is 0.324. The van der Waals surface area contributed by atoms with Gasteiger partial charge in [0, 0.05) is 27.7 Å². The number of ether oxygens (including phenoxy) is 1. The number of rotatable bonds is 8. The Hall–Kier alpha value is -2.89. The molecule has 0 unspecified atom stereocenters. The van der Waals surface area contributed by atoms with E-state index in [2.05, 4.69) is 21.7 Å². The van der Waals surface area contributed by atoms with Gasteiger partial charge in [0.2, 0.25) is 0 Å². The molecule has 2 aromatic carbocycles. The fraction of sp³-hybridized carbons (Fsp3) is 0.379. The molecule has 1 saturated heterocycles. The van der Waals surface area contributed by atoms with Gasteiger partial charge in [0.1, 0.15) is 11.6 Å². The fourth-order valence-corrected chi connectivity index (χ4v) is 5.62. The van der Waals surface area contributed by atoms with Crippen molar-refractivity contribution in [3.05, 3.63) is 69.6 Å². The Balaban J connectivity index is 1.43. The molecule has 0 saturated carbocycles. The van der Waals surface area contributed by atoms with Gasteiger partial charge in [0.25, 0.3) is 0 Å². The van der Waals surface area contributed by atoms with Crippen LogP contribution in [-0.2, 0) is 4.79 Å². The third-order valence-corrected chi connectivity index (χ3v) is 7.71. The number of piperidine rings is 1. The van der Waals surface area contributed by atoms with Crippen molar-refractivity contribution in [2.45, 2.75) is 38.2 Å². The highest BCUT2D eigenvalue weighted by Crippen LogP contribution is 2.43. The molecular weight excluding hydrogens is 530 g/mol. The number of halogens is 3. The molecule has 0 aliphatic carbocycles. The average molecular weight is 559 g/mol. The number of aliphatic carboxylic acids is 1. The number of benzene rings is 2. The topological polar surface area (TPSA) is 82.9 Å². The Labute approximate surface area is 231 Å². The Morgan fingerprint density at radius 1 is 1.24 bits per heavy atom. The lowest BCUT2D eigenvalue weighted by Crippen LogP contribution is -2.41. The van der Waals surface area contributed by atoms with E-state index in [1.807, 2.05) is 6.07 Å². The molecule has 0 spiro atoms. The number of nitrogens with zero attached hydrogens (tertiary/aromatic N) is 2. The van der Waals surface area contributed by atoms with E-state index in [9.17, 15) is 19.4 Å². The van der Waals surface area contributed by atoms with Crippen LogP contribution < -0.4 is 4.74 Å². The number of carboxylic acids is 1. The maximum absolute atomic E-state index is 13.5. The maximum atomic E-state index is 13.5. The highest BCUT2D eigenvalue weighted by molar-refractivity contribution is 6.32. The molecule has 3 aromatic rings. The van der Waals surface area contributed by atoms with Crippen LogP contribution in [0.2, 0.25) is 10.0 Å². The molecule has 1 aromatic heterocycles. The summed E-state index contributed by atoms with van der Waals surface area (Å²) in [7, 11) is 1.57. The summed E-state index contributed by atoms with van der Waals surface area (Å²) in [5, 5.41) is 22.2. The largest absolute Gasteiger partial charge is 0.497 e. The summed E-state index contributed by atoms with van der Waals surface area (Å²) in [4.78, 5) is 18.3. The van der Waals surface area contributed by atoms with Crippen molar-refractivity contribution in [2.75, 3.05) is 26.7 Å². The van der Waals surface area contributed by atoms with E-state index < -0.39 is 23.3 Å². The summed E-state index contributed by atoms with van der Waals surface area (Å²) in [6.45, 7) is 1.84. The minimum absolute atomic E-state index is 0.0275. The molecule has 0 radical (unpaired) electrons. The van der Waals surface area contributed by atoms with Crippen LogP contribution in [0.1, 0.15) is 49.3 Å². The highest BCUT2D eigenvalue weighted by atomic mass is 35.5. The van der Waals surface area contributed by atoms with Crippen LogP contribution in [0, 0.1) is 23.1 Å². The van der Waals surface area contributed by atoms with E-state index in [0.29, 0.717) is 83.1 Å². The average Bonchev–Trinajstić information content (AvgIpc) is 2.87. The molecule has 200 valence electrons. The molecule has 0 amide bonds. The Morgan fingerprint density at radius 3 is 2.68 bits per heavy atom. The number of hydrogen-bond donors (Lipinski definition) is 2. The smallest absolute Gasteiger partial charge is 0.303 e. The third-order valence-electron chi connectivity index (χ3n) is 7.19. The van der Waals surface area contributed by atoms with Gasteiger partial charge >= 0.3 is 5.97 Å². The lowest BCUT2D eigenvalue weighted by molar-refractivity contribution is -0.141. The third kappa shape index (κ3) is 6.95. The van der Waals surface area contributed by atoms with Crippen LogP contribution in [0.4, 0.5) is 4.39 Å². The van der Waals surface area contributed by atoms with E-state index in [1.165, 1.54) is 18.3 Å². The predicted molar refractivity (Wildman–Crippen MR) is 146 cm³/mol. The monoisotopic (exact) mass is 558 g/mol. The first-order valence-electron chi connectivity index (χ1n) is 12.4. The zero-order valence-corrected chi connectivity index (χ0v) is 22.5. The molecule has 4 rings (SSSR count). The molecule has 1 aliphatic heterocycles. The van der Waals surface area contributed by atoms with E-state index in [1.54, 1.807) is 25.3 Å². The van der Waals surface area contributed by atoms with Crippen molar-refractivity contribution in [3.8, 4) is 17.6 Å². The van der Waals surface area contributed by atoms with Gasteiger partial charge in [-0.05, 0) is 80.6 Å². The van der Waals surface area contributed by atoms with E-state index in [0.717, 1.165) is 0 Å². The first-order chi connectivity index (χ1) is 18.2. The molecule has 0 bridgehead atoms. The van der Waals surface area contributed by atoms with Crippen LogP contribution in [0.15, 0.2) is 42.6 Å². The van der Waals surface area contributed by atoms with Crippen LogP contribution >= 0.6 is 23.2 Å². The van der Waals surface area contributed by atoms with Crippen molar-refractivity contribution in [3.63, 3.8) is 0 Å².